The summed E-state index contributed by atoms with van der Waals surface area (Å²) in [5.74, 6) is 1.32. The van der Waals surface area contributed by atoms with E-state index in [4.69, 9.17) is 14.2 Å². The van der Waals surface area contributed by atoms with E-state index in [1.807, 2.05) is 12.1 Å². The first-order valence-corrected chi connectivity index (χ1v) is 11.1. The van der Waals surface area contributed by atoms with Crippen LogP contribution in [0.2, 0.25) is 0 Å². The van der Waals surface area contributed by atoms with Gasteiger partial charge in [-0.25, -0.2) is 17.9 Å². The van der Waals surface area contributed by atoms with Gasteiger partial charge in [0.25, 0.3) is 0 Å². The van der Waals surface area contributed by atoms with E-state index in [0.717, 1.165) is 4.90 Å². The Kier molecular flexibility index (Phi) is 8.62. The Hall–Kier alpha value is -2.23. The lowest BCUT2D eigenvalue weighted by Crippen LogP contribution is -2.25. The maximum Gasteiger partial charge on any atom is 0.344 e. The molecule has 2 rings (SSSR count). The average molecular weight is 426 g/mol. The van der Waals surface area contributed by atoms with Crippen molar-refractivity contribution in [1.29, 1.82) is 0 Å². The molecule has 152 valence electrons. The molecule has 7 nitrogen and oxygen atoms in total. The fraction of sp³-hybridized carbons (Fsp3) is 0.316. The molecule has 2 aromatic rings. The number of hydrogen-bond donors (Lipinski definition) is 1. The van der Waals surface area contributed by atoms with Crippen LogP contribution in [0.1, 0.15) is 6.92 Å². The summed E-state index contributed by atoms with van der Waals surface area (Å²) in [5, 5.41) is 0. The molecular weight excluding hydrogens is 402 g/mol. The van der Waals surface area contributed by atoms with Gasteiger partial charge >= 0.3 is 5.97 Å². The predicted molar refractivity (Wildman–Crippen MR) is 107 cm³/mol. The summed E-state index contributed by atoms with van der Waals surface area (Å²) in [6, 6.07) is 13.4. The highest BCUT2D eigenvalue weighted by molar-refractivity contribution is 7.99. The monoisotopic (exact) mass is 425 g/mol. The number of esters is 1. The maximum absolute atomic E-state index is 12.2. The minimum atomic E-state index is -3.55. The van der Waals surface area contributed by atoms with Crippen molar-refractivity contribution in [3.05, 3.63) is 48.5 Å². The number of carbonyl (C=O) groups excluding carboxylic acids is 1. The Morgan fingerprint density at radius 2 is 1.68 bits per heavy atom. The third-order valence-corrected chi connectivity index (χ3v) is 6.01. The van der Waals surface area contributed by atoms with E-state index in [0.29, 0.717) is 30.4 Å². The molecule has 0 atom stereocenters. The minimum Gasteiger partial charge on any atom is -0.497 e. The first kappa shape index (κ1) is 22.1. The zero-order chi connectivity index (χ0) is 20.4. The lowest BCUT2D eigenvalue weighted by Gasteiger charge is -2.08. The summed E-state index contributed by atoms with van der Waals surface area (Å²) in [6.45, 7) is 2.22. The molecule has 0 unspecified atom stereocenters. The number of thioether (sulfide) groups is 1. The van der Waals surface area contributed by atoms with Gasteiger partial charge in [0.2, 0.25) is 10.0 Å². The second-order valence-electron chi connectivity index (χ2n) is 5.49. The van der Waals surface area contributed by atoms with Crippen LogP contribution in [0.5, 0.6) is 11.5 Å². The Balaban J connectivity index is 1.75. The second-order valence-corrected chi connectivity index (χ2v) is 8.42. The van der Waals surface area contributed by atoms with Crippen molar-refractivity contribution in [3.63, 3.8) is 0 Å². The van der Waals surface area contributed by atoms with Crippen molar-refractivity contribution in [1.82, 2.24) is 4.72 Å². The van der Waals surface area contributed by atoms with Gasteiger partial charge in [-0.15, -0.1) is 11.8 Å². The van der Waals surface area contributed by atoms with E-state index >= 15 is 0 Å². The van der Waals surface area contributed by atoms with Gasteiger partial charge in [-0.05, 0) is 55.5 Å². The molecule has 0 aliphatic carbocycles. The van der Waals surface area contributed by atoms with Crippen LogP contribution in [0.4, 0.5) is 0 Å². The standard InChI is InChI=1S/C19H23NO6S2/c1-3-25-19(21)14-26-16-4-8-17(9-5-16)27-13-12-20-28(22,23)18-10-6-15(24-2)7-11-18/h4-11,20H,3,12-14H2,1-2H3. The van der Waals surface area contributed by atoms with Crippen LogP contribution in [-0.4, -0.2) is 47.0 Å². The summed E-state index contributed by atoms with van der Waals surface area (Å²) in [6.07, 6.45) is 0. The Bertz CT molecular complexity index is 851. The number of benzene rings is 2. The van der Waals surface area contributed by atoms with Crippen molar-refractivity contribution in [2.24, 2.45) is 0 Å². The van der Waals surface area contributed by atoms with Gasteiger partial charge in [0.05, 0.1) is 18.6 Å². The van der Waals surface area contributed by atoms with Crippen molar-refractivity contribution >= 4 is 27.8 Å². The van der Waals surface area contributed by atoms with Crippen LogP contribution >= 0.6 is 11.8 Å². The molecule has 0 saturated heterocycles. The molecule has 0 aliphatic heterocycles. The van der Waals surface area contributed by atoms with E-state index in [1.54, 1.807) is 31.2 Å². The molecule has 0 aliphatic rings. The van der Waals surface area contributed by atoms with E-state index in [1.165, 1.54) is 31.0 Å². The van der Waals surface area contributed by atoms with Crippen molar-refractivity contribution in [3.8, 4) is 11.5 Å². The lowest BCUT2D eigenvalue weighted by atomic mass is 10.3. The summed E-state index contributed by atoms with van der Waals surface area (Å²) in [4.78, 5) is 12.4. The van der Waals surface area contributed by atoms with E-state index in [9.17, 15) is 13.2 Å². The predicted octanol–water partition coefficient (Wildman–Crippen LogP) is 2.71. The summed E-state index contributed by atoms with van der Waals surface area (Å²) >= 11 is 1.51. The third kappa shape index (κ3) is 7.06. The summed E-state index contributed by atoms with van der Waals surface area (Å²) < 4.78 is 42.2. The molecule has 0 aromatic heterocycles. The Morgan fingerprint density at radius 1 is 1.04 bits per heavy atom. The molecule has 28 heavy (non-hydrogen) atoms. The summed E-state index contributed by atoms with van der Waals surface area (Å²) in [7, 11) is -2.02. The lowest BCUT2D eigenvalue weighted by molar-refractivity contribution is -0.145. The average Bonchev–Trinajstić information content (AvgIpc) is 2.71. The van der Waals surface area contributed by atoms with Gasteiger partial charge in [-0.3, -0.25) is 0 Å². The first-order chi connectivity index (χ1) is 13.4. The molecule has 0 saturated carbocycles. The van der Waals surface area contributed by atoms with Gasteiger partial charge < -0.3 is 14.2 Å². The topological polar surface area (TPSA) is 90.9 Å². The fourth-order valence-electron chi connectivity index (χ4n) is 2.16. The van der Waals surface area contributed by atoms with Gasteiger partial charge in [0.1, 0.15) is 11.5 Å². The zero-order valence-electron chi connectivity index (χ0n) is 15.7. The highest BCUT2D eigenvalue weighted by atomic mass is 32.2. The maximum atomic E-state index is 12.2. The molecule has 0 spiro atoms. The van der Waals surface area contributed by atoms with Crippen LogP contribution in [0.15, 0.2) is 58.3 Å². The fourth-order valence-corrected chi connectivity index (χ4v) is 4.09. The third-order valence-electron chi connectivity index (χ3n) is 3.52. The normalized spacial score (nSPS) is 11.1. The molecule has 9 heteroatoms. The smallest absolute Gasteiger partial charge is 0.344 e. The summed E-state index contributed by atoms with van der Waals surface area (Å²) in [5.41, 5.74) is 0. The van der Waals surface area contributed by atoms with Crippen LogP contribution in [0, 0.1) is 0 Å². The second kappa shape index (κ2) is 10.9. The molecule has 2 aromatic carbocycles. The molecule has 0 amide bonds. The van der Waals surface area contributed by atoms with E-state index < -0.39 is 16.0 Å². The molecule has 0 fully saturated rings. The Morgan fingerprint density at radius 3 is 2.29 bits per heavy atom. The number of hydrogen-bond acceptors (Lipinski definition) is 7. The van der Waals surface area contributed by atoms with Crippen LogP contribution in [0.3, 0.4) is 0 Å². The molecule has 0 bridgehead atoms. The molecule has 1 N–H and O–H groups in total. The van der Waals surface area contributed by atoms with Crippen molar-refractivity contribution < 1.29 is 27.4 Å². The number of rotatable bonds is 11. The largest absolute Gasteiger partial charge is 0.497 e. The molecular formula is C19H23NO6S2. The quantitative estimate of drug-likeness (QED) is 0.336. The molecule has 0 radical (unpaired) electrons. The number of sulfonamides is 1. The highest BCUT2D eigenvalue weighted by Gasteiger charge is 2.13. The zero-order valence-corrected chi connectivity index (χ0v) is 17.3. The van der Waals surface area contributed by atoms with Crippen molar-refractivity contribution in [2.45, 2.75) is 16.7 Å². The minimum absolute atomic E-state index is 0.131. The highest BCUT2D eigenvalue weighted by Crippen LogP contribution is 2.21. The number of carbonyl (C=O) groups is 1. The van der Waals surface area contributed by atoms with Crippen molar-refractivity contribution in [2.75, 3.05) is 32.6 Å². The molecule has 0 heterocycles. The number of methoxy groups -OCH3 is 1. The van der Waals surface area contributed by atoms with Gasteiger partial charge in [0, 0.05) is 17.2 Å². The van der Waals surface area contributed by atoms with Crippen LogP contribution in [-0.2, 0) is 19.6 Å². The van der Waals surface area contributed by atoms with E-state index in [2.05, 4.69) is 4.72 Å². The van der Waals surface area contributed by atoms with Gasteiger partial charge in [-0.1, -0.05) is 0 Å². The van der Waals surface area contributed by atoms with Gasteiger partial charge in [-0.2, -0.15) is 0 Å². The van der Waals surface area contributed by atoms with Crippen LogP contribution in [0.25, 0.3) is 0 Å². The number of ether oxygens (including phenoxy) is 3. The van der Waals surface area contributed by atoms with Crippen LogP contribution < -0.4 is 14.2 Å². The van der Waals surface area contributed by atoms with E-state index in [-0.39, 0.29) is 11.5 Å². The Labute approximate surface area is 169 Å². The van der Waals surface area contributed by atoms with Gasteiger partial charge in [0.15, 0.2) is 6.61 Å². The SMILES string of the molecule is CCOC(=O)COc1ccc(SCCNS(=O)(=O)c2ccc(OC)cc2)cc1. The number of nitrogens with one attached hydrogen (secondary N) is 1. The first-order valence-electron chi connectivity index (χ1n) is 8.59.